The molecule has 0 radical (unpaired) electrons. The van der Waals surface area contributed by atoms with Crippen molar-refractivity contribution in [1.29, 1.82) is 0 Å². The van der Waals surface area contributed by atoms with Crippen molar-refractivity contribution < 1.29 is 4.79 Å². The lowest BCUT2D eigenvalue weighted by Gasteiger charge is -2.27. The van der Waals surface area contributed by atoms with E-state index in [1.807, 2.05) is 13.0 Å². The maximum Gasteiger partial charge on any atom is 0.171 e. The summed E-state index contributed by atoms with van der Waals surface area (Å²) < 4.78 is 0. The Labute approximate surface area is 89.7 Å². The van der Waals surface area contributed by atoms with Gasteiger partial charge in [0, 0.05) is 29.4 Å². The smallest absolute Gasteiger partial charge is 0.171 e. The van der Waals surface area contributed by atoms with Crippen LogP contribution in [0.2, 0.25) is 0 Å². The van der Waals surface area contributed by atoms with E-state index in [-0.39, 0.29) is 17.2 Å². The number of aromatic nitrogens is 1. The Kier molecular flexibility index (Phi) is 2.57. The molecule has 1 aromatic rings. The third-order valence-electron chi connectivity index (χ3n) is 3.47. The molecular weight excluding hydrogens is 188 g/mol. The number of ketones is 1. The second-order valence-electron chi connectivity index (χ2n) is 4.49. The highest BCUT2D eigenvalue weighted by Gasteiger charge is 2.43. The quantitative estimate of drug-likeness (QED) is 0.747. The molecule has 1 heterocycles. The molecule has 2 atom stereocenters. The molecule has 2 N–H and O–H groups in total. The van der Waals surface area contributed by atoms with Crippen LogP contribution < -0.4 is 5.73 Å². The highest BCUT2D eigenvalue weighted by Crippen LogP contribution is 2.39. The maximum absolute atomic E-state index is 12.3. The van der Waals surface area contributed by atoms with Crippen LogP contribution >= 0.6 is 0 Å². The van der Waals surface area contributed by atoms with E-state index in [1.165, 1.54) is 0 Å². The molecule has 3 nitrogen and oxygen atoms in total. The molecule has 1 aromatic heterocycles. The van der Waals surface area contributed by atoms with E-state index in [2.05, 4.69) is 4.98 Å². The lowest BCUT2D eigenvalue weighted by molar-refractivity contribution is 0.0802. The molecule has 3 heteroatoms. The van der Waals surface area contributed by atoms with Crippen LogP contribution in [0.3, 0.4) is 0 Å². The predicted octanol–water partition coefficient (Wildman–Crippen LogP) is 1.78. The summed E-state index contributed by atoms with van der Waals surface area (Å²) in [5.41, 5.74) is 6.30. The zero-order valence-corrected chi connectivity index (χ0v) is 8.94. The van der Waals surface area contributed by atoms with Crippen molar-refractivity contribution in [2.24, 2.45) is 11.1 Å². The summed E-state index contributed by atoms with van der Waals surface area (Å²) in [7, 11) is 0. The van der Waals surface area contributed by atoms with Gasteiger partial charge in [-0.05, 0) is 25.0 Å². The van der Waals surface area contributed by atoms with Crippen LogP contribution in [-0.2, 0) is 0 Å². The Balaban J connectivity index is 2.28. The van der Waals surface area contributed by atoms with Crippen LogP contribution in [-0.4, -0.2) is 16.8 Å². The van der Waals surface area contributed by atoms with E-state index in [0.717, 1.165) is 19.3 Å². The van der Waals surface area contributed by atoms with Gasteiger partial charge in [0.1, 0.15) is 0 Å². The molecule has 15 heavy (non-hydrogen) atoms. The normalized spacial score (nSPS) is 30.4. The molecule has 0 spiro atoms. The first-order valence-electron chi connectivity index (χ1n) is 5.35. The minimum atomic E-state index is -0.386. The number of nitrogens with two attached hydrogens (primary N) is 1. The van der Waals surface area contributed by atoms with Crippen molar-refractivity contribution >= 4 is 5.78 Å². The van der Waals surface area contributed by atoms with E-state index >= 15 is 0 Å². The van der Waals surface area contributed by atoms with Gasteiger partial charge in [-0.1, -0.05) is 13.3 Å². The van der Waals surface area contributed by atoms with E-state index in [9.17, 15) is 4.79 Å². The summed E-state index contributed by atoms with van der Waals surface area (Å²) in [6.07, 6.45) is 6.18. The summed E-state index contributed by atoms with van der Waals surface area (Å²) >= 11 is 0. The molecule has 0 amide bonds. The summed E-state index contributed by atoms with van der Waals surface area (Å²) in [5, 5.41) is 0. The van der Waals surface area contributed by atoms with Gasteiger partial charge in [-0.15, -0.1) is 0 Å². The maximum atomic E-state index is 12.3. The van der Waals surface area contributed by atoms with Crippen LogP contribution in [0.1, 0.15) is 36.5 Å². The second-order valence-corrected chi connectivity index (χ2v) is 4.49. The van der Waals surface area contributed by atoms with E-state index in [0.29, 0.717) is 5.56 Å². The lowest BCUT2D eigenvalue weighted by atomic mass is 9.78. The Morgan fingerprint density at radius 1 is 1.67 bits per heavy atom. The van der Waals surface area contributed by atoms with E-state index < -0.39 is 0 Å². The SMILES string of the molecule is CC1(C(=O)c2cccnc2)CCCC1N. The fourth-order valence-electron chi connectivity index (χ4n) is 2.30. The van der Waals surface area contributed by atoms with Crippen molar-refractivity contribution in [2.75, 3.05) is 0 Å². The van der Waals surface area contributed by atoms with Crippen molar-refractivity contribution in [3.8, 4) is 0 Å². The zero-order valence-electron chi connectivity index (χ0n) is 8.94. The van der Waals surface area contributed by atoms with Gasteiger partial charge in [-0.25, -0.2) is 0 Å². The Morgan fingerprint density at radius 3 is 3.00 bits per heavy atom. The molecule has 0 saturated heterocycles. The summed E-state index contributed by atoms with van der Waals surface area (Å²) in [6.45, 7) is 1.97. The van der Waals surface area contributed by atoms with Gasteiger partial charge in [0.15, 0.2) is 5.78 Å². The molecule has 2 unspecified atom stereocenters. The monoisotopic (exact) mass is 204 g/mol. The second kappa shape index (κ2) is 3.74. The minimum Gasteiger partial charge on any atom is -0.327 e. The molecule has 0 aliphatic heterocycles. The van der Waals surface area contributed by atoms with Crippen LogP contribution in [0.5, 0.6) is 0 Å². The molecule has 1 saturated carbocycles. The summed E-state index contributed by atoms with van der Waals surface area (Å²) in [4.78, 5) is 16.2. The summed E-state index contributed by atoms with van der Waals surface area (Å²) in [6, 6.07) is 3.59. The van der Waals surface area contributed by atoms with Crippen LogP contribution in [0.15, 0.2) is 24.5 Å². The molecule has 0 bridgehead atoms. The fraction of sp³-hybridized carbons (Fsp3) is 0.500. The number of carbonyl (C=O) groups excluding carboxylic acids is 1. The molecule has 1 aliphatic carbocycles. The largest absolute Gasteiger partial charge is 0.327 e. The Bertz CT molecular complexity index is 363. The van der Waals surface area contributed by atoms with Crippen LogP contribution in [0, 0.1) is 5.41 Å². The van der Waals surface area contributed by atoms with Crippen LogP contribution in [0.4, 0.5) is 0 Å². The molecular formula is C12H16N2O. The average Bonchev–Trinajstić information content (AvgIpc) is 2.61. The van der Waals surface area contributed by atoms with Gasteiger partial charge < -0.3 is 5.73 Å². The van der Waals surface area contributed by atoms with Gasteiger partial charge in [0.25, 0.3) is 0 Å². The molecule has 80 valence electrons. The Morgan fingerprint density at radius 2 is 2.47 bits per heavy atom. The zero-order chi connectivity index (χ0) is 10.9. The number of nitrogens with zero attached hydrogens (tertiary/aromatic N) is 1. The third-order valence-corrected chi connectivity index (χ3v) is 3.47. The van der Waals surface area contributed by atoms with Crippen molar-refractivity contribution in [3.05, 3.63) is 30.1 Å². The van der Waals surface area contributed by atoms with Gasteiger partial charge in [0.2, 0.25) is 0 Å². The molecule has 1 aliphatic rings. The van der Waals surface area contributed by atoms with Crippen molar-refractivity contribution in [1.82, 2.24) is 4.98 Å². The van der Waals surface area contributed by atoms with Gasteiger partial charge >= 0.3 is 0 Å². The predicted molar refractivity (Wildman–Crippen MR) is 58.5 cm³/mol. The van der Waals surface area contributed by atoms with Gasteiger partial charge in [-0.2, -0.15) is 0 Å². The van der Waals surface area contributed by atoms with E-state index in [4.69, 9.17) is 5.73 Å². The fourth-order valence-corrected chi connectivity index (χ4v) is 2.30. The highest BCUT2D eigenvalue weighted by atomic mass is 16.1. The number of Topliss-reactive ketones (excluding diaryl/α,β-unsaturated/α-hetero) is 1. The standard InChI is InChI=1S/C12H16N2O/c1-12(6-2-5-10(12)13)11(15)9-4-3-7-14-8-9/h3-4,7-8,10H,2,5-6,13H2,1H3. The third kappa shape index (κ3) is 1.67. The average molecular weight is 204 g/mol. The van der Waals surface area contributed by atoms with Gasteiger partial charge in [-0.3, -0.25) is 9.78 Å². The summed E-state index contributed by atoms with van der Waals surface area (Å²) in [5.74, 6) is 0.139. The number of rotatable bonds is 2. The first kappa shape index (κ1) is 10.3. The minimum absolute atomic E-state index is 0.00907. The first-order chi connectivity index (χ1) is 7.14. The topological polar surface area (TPSA) is 56.0 Å². The number of carbonyl (C=O) groups is 1. The van der Waals surface area contributed by atoms with Crippen LogP contribution in [0.25, 0.3) is 0 Å². The van der Waals surface area contributed by atoms with Gasteiger partial charge in [0.05, 0.1) is 0 Å². The molecule has 1 fully saturated rings. The highest BCUT2D eigenvalue weighted by molar-refractivity contribution is 6.00. The first-order valence-corrected chi connectivity index (χ1v) is 5.35. The lowest BCUT2D eigenvalue weighted by Crippen LogP contribution is -2.41. The van der Waals surface area contributed by atoms with Crippen molar-refractivity contribution in [2.45, 2.75) is 32.2 Å². The Hall–Kier alpha value is -1.22. The van der Waals surface area contributed by atoms with E-state index in [1.54, 1.807) is 18.5 Å². The number of pyridine rings is 1. The molecule has 2 rings (SSSR count). The molecule has 0 aromatic carbocycles. The number of hydrogen-bond donors (Lipinski definition) is 1. The number of hydrogen-bond acceptors (Lipinski definition) is 3. The van der Waals surface area contributed by atoms with Crippen molar-refractivity contribution in [3.63, 3.8) is 0 Å².